The van der Waals surface area contributed by atoms with Gasteiger partial charge < -0.3 is 14.3 Å². The van der Waals surface area contributed by atoms with Gasteiger partial charge in [-0.25, -0.2) is 0 Å². The number of nitro benzene ring substituents is 1. The van der Waals surface area contributed by atoms with Crippen LogP contribution >= 0.6 is 0 Å². The number of benzene rings is 1. The Morgan fingerprint density at radius 2 is 2.15 bits per heavy atom. The van der Waals surface area contributed by atoms with Crippen molar-refractivity contribution in [1.82, 2.24) is 5.16 Å². The van der Waals surface area contributed by atoms with Crippen molar-refractivity contribution in [3.05, 3.63) is 69.7 Å². The van der Waals surface area contributed by atoms with Crippen LogP contribution in [0.1, 0.15) is 11.5 Å². The Kier molecular flexibility index (Phi) is 4.81. The zero-order valence-electron chi connectivity index (χ0n) is 14.0. The second-order valence-electron chi connectivity index (χ2n) is 5.46. The molecule has 134 valence electrons. The van der Waals surface area contributed by atoms with E-state index in [-0.39, 0.29) is 22.8 Å². The smallest absolute Gasteiger partial charge is 0.270 e. The molecule has 3 rings (SSSR count). The third-order valence-corrected chi connectivity index (χ3v) is 3.49. The van der Waals surface area contributed by atoms with Gasteiger partial charge in [-0.15, -0.1) is 0 Å². The van der Waals surface area contributed by atoms with Crippen molar-refractivity contribution in [3.63, 3.8) is 0 Å². The largest absolute Gasteiger partial charge is 0.457 e. The topological polar surface area (TPSA) is 135 Å². The summed E-state index contributed by atoms with van der Waals surface area (Å²) in [7, 11) is 0. The number of hydrogen-bond donors (Lipinski definition) is 1. The number of amides is 1. The second kappa shape index (κ2) is 7.37. The van der Waals surface area contributed by atoms with Gasteiger partial charge in [-0.2, -0.15) is 5.26 Å². The van der Waals surface area contributed by atoms with Crippen molar-refractivity contribution in [2.24, 2.45) is 0 Å². The van der Waals surface area contributed by atoms with Crippen molar-refractivity contribution in [1.29, 1.82) is 5.26 Å². The normalized spacial score (nSPS) is 11.0. The number of non-ortho nitro benzene ring substituents is 1. The number of nitriles is 1. The molecule has 1 amide bonds. The van der Waals surface area contributed by atoms with Gasteiger partial charge in [0.2, 0.25) is 0 Å². The predicted octanol–water partition coefficient (Wildman–Crippen LogP) is 3.70. The first kappa shape index (κ1) is 17.6. The molecule has 0 unspecified atom stereocenters. The molecule has 1 aromatic carbocycles. The lowest BCUT2D eigenvalue weighted by Crippen LogP contribution is -2.13. The van der Waals surface area contributed by atoms with Gasteiger partial charge in [0.15, 0.2) is 5.82 Å². The molecule has 0 aliphatic carbocycles. The Hall–Kier alpha value is -4.19. The second-order valence-corrected chi connectivity index (χ2v) is 5.46. The first-order valence-electron chi connectivity index (χ1n) is 7.67. The van der Waals surface area contributed by atoms with Crippen LogP contribution in [0.15, 0.2) is 57.0 Å². The lowest BCUT2D eigenvalue weighted by atomic mass is 10.1. The van der Waals surface area contributed by atoms with E-state index < -0.39 is 10.8 Å². The van der Waals surface area contributed by atoms with Gasteiger partial charge in [-0.3, -0.25) is 14.9 Å². The third kappa shape index (κ3) is 4.08. The van der Waals surface area contributed by atoms with Crippen LogP contribution in [-0.4, -0.2) is 16.0 Å². The van der Waals surface area contributed by atoms with E-state index in [1.807, 2.05) is 0 Å². The summed E-state index contributed by atoms with van der Waals surface area (Å²) < 4.78 is 10.4. The van der Waals surface area contributed by atoms with Gasteiger partial charge >= 0.3 is 0 Å². The van der Waals surface area contributed by atoms with Crippen LogP contribution in [0.4, 0.5) is 11.5 Å². The molecule has 2 heterocycles. The zero-order valence-corrected chi connectivity index (χ0v) is 14.0. The number of furan rings is 1. The molecule has 0 saturated carbocycles. The van der Waals surface area contributed by atoms with Crippen LogP contribution in [0.3, 0.4) is 0 Å². The van der Waals surface area contributed by atoms with Crippen molar-refractivity contribution < 1.29 is 18.7 Å². The predicted molar refractivity (Wildman–Crippen MR) is 94.3 cm³/mol. The van der Waals surface area contributed by atoms with Crippen LogP contribution in [0.5, 0.6) is 0 Å². The van der Waals surface area contributed by atoms with E-state index in [2.05, 4.69) is 10.5 Å². The fourth-order valence-corrected chi connectivity index (χ4v) is 2.26. The molecule has 0 atom stereocenters. The molecule has 0 radical (unpaired) electrons. The Morgan fingerprint density at radius 3 is 2.81 bits per heavy atom. The number of aryl methyl sites for hydroxylation is 1. The zero-order chi connectivity index (χ0) is 19.4. The number of nitro groups is 1. The highest BCUT2D eigenvalue weighted by Gasteiger charge is 2.14. The minimum Gasteiger partial charge on any atom is -0.457 e. The van der Waals surface area contributed by atoms with E-state index in [9.17, 15) is 20.2 Å². The summed E-state index contributed by atoms with van der Waals surface area (Å²) in [5.41, 5.74) is 0.237. The maximum Gasteiger partial charge on any atom is 0.270 e. The fourth-order valence-electron chi connectivity index (χ4n) is 2.26. The van der Waals surface area contributed by atoms with Gasteiger partial charge in [0, 0.05) is 29.8 Å². The number of nitrogens with one attached hydrogen (secondary N) is 1. The van der Waals surface area contributed by atoms with Crippen LogP contribution in [0.25, 0.3) is 17.4 Å². The number of carbonyl (C=O) groups excluding carboxylic acids is 1. The quantitative estimate of drug-likeness (QED) is 0.315. The summed E-state index contributed by atoms with van der Waals surface area (Å²) in [6.45, 7) is 1.67. The monoisotopic (exact) mass is 364 g/mol. The summed E-state index contributed by atoms with van der Waals surface area (Å²) in [4.78, 5) is 22.5. The third-order valence-electron chi connectivity index (χ3n) is 3.49. The van der Waals surface area contributed by atoms with Crippen LogP contribution in [-0.2, 0) is 4.79 Å². The molecule has 0 saturated heterocycles. The van der Waals surface area contributed by atoms with E-state index in [0.717, 1.165) is 0 Å². The lowest BCUT2D eigenvalue weighted by molar-refractivity contribution is -0.384. The number of rotatable bonds is 5. The van der Waals surface area contributed by atoms with Crippen LogP contribution < -0.4 is 5.32 Å². The van der Waals surface area contributed by atoms with E-state index in [1.165, 1.54) is 24.3 Å². The van der Waals surface area contributed by atoms with Crippen LogP contribution in [0.2, 0.25) is 0 Å². The van der Waals surface area contributed by atoms with Gasteiger partial charge in [-0.05, 0) is 19.1 Å². The van der Waals surface area contributed by atoms with Gasteiger partial charge in [-0.1, -0.05) is 17.3 Å². The number of hydrogen-bond acceptors (Lipinski definition) is 7. The minimum atomic E-state index is -0.668. The summed E-state index contributed by atoms with van der Waals surface area (Å²) in [6.07, 6.45) is 1.27. The van der Waals surface area contributed by atoms with E-state index in [1.54, 1.807) is 37.3 Å². The first-order valence-corrected chi connectivity index (χ1v) is 7.67. The van der Waals surface area contributed by atoms with Gasteiger partial charge in [0.05, 0.1) is 4.92 Å². The molecule has 9 heteroatoms. The summed E-state index contributed by atoms with van der Waals surface area (Å²) in [5, 5.41) is 26.2. The highest BCUT2D eigenvalue weighted by Crippen LogP contribution is 2.26. The molecule has 0 bridgehead atoms. The first-order chi connectivity index (χ1) is 13.0. The fraction of sp³-hybridized carbons (Fsp3) is 0.0556. The highest BCUT2D eigenvalue weighted by molar-refractivity contribution is 6.09. The molecule has 27 heavy (non-hydrogen) atoms. The maximum absolute atomic E-state index is 12.2. The SMILES string of the molecule is Cc1cc(NC(=O)/C(C#N)=C\c2ccc(-c3cccc([N+](=O)[O-])c3)o2)no1. The highest BCUT2D eigenvalue weighted by atomic mass is 16.6. The minimum absolute atomic E-state index is 0.0685. The Bertz CT molecular complexity index is 1090. The molecule has 1 N–H and O–H groups in total. The molecule has 0 spiro atoms. The lowest BCUT2D eigenvalue weighted by Gasteiger charge is -1.99. The Balaban J connectivity index is 1.82. The molecule has 2 aromatic heterocycles. The molecule has 0 fully saturated rings. The van der Waals surface area contributed by atoms with Crippen molar-refractivity contribution in [2.75, 3.05) is 5.32 Å². The molecule has 0 aliphatic heterocycles. The van der Waals surface area contributed by atoms with Gasteiger partial charge in [0.1, 0.15) is 28.9 Å². The number of nitrogens with zero attached hydrogens (tertiary/aromatic N) is 3. The average Bonchev–Trinajstić information content (AvgIpc) is 3.28. The molecular formula is C18H12N4O5. The van der Waals surface area contributed by atoms with E-state index >= 15 is 0 Å². The number of anilines is 1. The molecule has 9 nitrogen and oxygen atoms in total. The Labute approximate surface area is 152 Å². The van der Waals surface area contributed by atoms with E-state index in [4.69, 9.17) is 8.94 Å². The van der Waals surface area contributed by atoms with Gasteiger partial charge in [0.25, 0.3) is 11.6 Å². The summed E-state index contributed by atoms with van der Waals surface area (Å²) >= 11 is 0. The van der Waals surface area contributed by atoms with Crippen molar-refractivity contribution >= 4 is 23.5 Å². The van der Waals surface area contributed by atoms with Crippen LogP contribution in [0, 0.1) is 28.4 Å². The summed E-state index contributed by atoms with van der Waals surface area (Å²) in [6, 6.07) is 12.4. The molecule has 0 aliphatic rings. The maximum atomic E-state index is 12.2. The molecular weight excluding hydrogens is 352 g/mol. The summed E-state index contributed by atoms with van der Waals surface area (Å²) in [5.74, 6) is 0.657. The average molecular weight is 364 g/mol. The van der Waals surface area contributed by atoms with E-state index in [0.29, 0.717) is 17.1 Å². The number of carbonyl (C=O) groups is 1. The standard InChI is InChI=1S/C18H12N4O5/c1-11-7-17(21-27-11)20-18(23)13(10-19)9-15-5-6-16(26-15)12-3-2-4-14(8-12)22(24)25/h2-9H,1H3,(H,20,21,23)/b13-9-. The molecule has 3 aromatic rings. The van der Waals surface area contributed by atoms with Crippen molar-refractivity contribution in [3.8, 4) is 17.4 Å². The Morgan fingerprint density at radius 1 is 1.33 bits per heavy atom. The van der Waals surface area contributed by atoms with Crippen molar-refractivity contribution in [2.45, 2.75) is 6.92 Å². The number of aromatic nitrogens is 1.